The average molecular weight is 347 g/mol. The molecule has 0 aliphatic carbocycles. The van der Waals surface area contributed by atoms with Crippen molar-refractivity contribution in [1.82, 2.24) is 0 Å². The third-order valence-electron chi connectivity index (χ3n) is 2.37. The zero-order valence-corrected chi connectivity index (χ0v) is 11.7. The first-order valence-corrected chi connectivity index (χ1v) is 6.36. The van der Waals surface area contributed by atoms with Crippen LogP contribution < -0.4 is 5.32 Å². The summed E-state index contributed by atoms with van der Waals surface area (Å²) in [7, 11) is 0. The van der Waals surface area contributed by atoms with Gasteiger partial charge in [-0.1, -0.05) is 33.6 Å². The molecule has 2 aromatic carbocycles. The molecule has 6 heteroatoms. The van der Waals surface area contributed by atoms with Crippen molar-refractivity contribution in [2.24, 2.45) is 0 Å². The Hall–Kier alpha value is -1.46. The molecule has 0 atom stereocenters. The summed E-state index contributed by atoms with van der Waals surface area (Å²) in [6, 6.07) is 8.23. The van der Waals surface area contributed by atoms with Gasteiger partial charge in [-0.3, -0.25) is 4.79 Å². The van der Waals surface area contributed by atoms with Crippen molar-refractivity contribution < 1.29 is 13.6 Å². The molecule has 0 aliphatic heterocycles. The lowest BCUT2D eigenvalue weighted by molar-refractivity contribution is 0.102. The van der Waals surface area contributed by atoms with E-state index in [1.165, 1.54) is 24.3 Å². The van der Waals surface area contributed by atoms with Gasteiger partial charge in [0.1, 0.15) is 0 Å². The summed E-state index contributed by atoms with van der Waals surface area (Å²) in [5, 5.41) is 2.50. The van der Waals surface area contributed by atoms with Crippen molar-refractivity contribution in [3.8, 4) is 0 Å². The predicted molar refractivity (Wildman–Crippen MR) is 73.5 cm³/mol. The van der Waals surface area contributed by atoms with Crippen LogP contribution in [0, 0.1) is 11.6 Å². The molecule has 2 nitrogen and oxygen atoms in total. The van der Waals surface area contributed by atoms with E-state index in [9.17, 15) is 13.6 Å². The molecule has 19 heavy (non-hydrogen) atoms. The van der Waals surface area contributed by atoms with Gasteiger partial charge in [0.25, 0.3) is 5.91 Å². The highest BCUT2D eigenvalue weighted by molar-refractivity contribution is 9.10. The van der Waals surface area contributed by atoms with Crippen molar-refractivity contribution in [3.63, 3.8) is 0 Å². The lowest BCUT2D eigenvalue weighted by Gasteiger charge is -2.08. The van der Waals surface area contributed by atoms with Crippen molar-refractivity contribution >= 4 is 39.1 Å². The molecule has 0 aromatic heterocycles. The maximum absolute atomic E-state index is 13.4. The van der Waals surface area contributed by atoms with Gasteiger partial charge in [-0.25, -0.2) is 8.78 Å². The van der Waals surface area contributed by atoms with Crippen molar-refractivity contribution in [3.05, 3.63) is 63.1 Å². The maximum atomic E-state index is 13.4. The standard InChI is InChI=1S/C13H7BrClF2NO/c14-7-4-5-9(15)8(6-7)13(19)18-11-3-1-2-10(16)12(11)17/h1-6H,(H,18,19). The molecule has 1 N–H and O–H groups in total. The van der Waals surface area contributed by atoms with Crippen LogP contribution in [-0.2, 0) is 0 Å². The summed E-state index contributed by atoms with van der Waals surface area (Å²) >= 11 is 9.08. The molecule has 0 spiro atoms. The number of hydrogen-bond acceptors (Lipinski definition) is 1. The van der Waals surface area contributed by atoms with Crippen LogP contribution in [-0.4, -0.2) is 5.91 Å². The van der Waals surface area contributed by atoms with Crippen LogP contribution in [0.3, 0.4) is 0 Å². The fourth-order valence-corrected chi connectivity index (χ4v) is 2.03. The highest BCUT2D eigenvalue weighted by atomic mass is 79.9. The Balaban J connectivity index is 2.31. The average Bonchev–Trinajstić information content (AvgIpc) is 2.38. The number of nitrogens with one attached hydrogen (secondary N) is 1. The predicted octanol–water partition coefficient (Wildman–Crippen LogP) is 4.63. The van der Waals surface area contributed by atoms with Gasteiger partial charge in [0, 0.05) is 4.47 Å². The van der Waals surface area contributed by atoms with Crippen molar-refractivity contribution in [1.29, 1.82) is 0 Å². The van der Waals surface area contributed by atoms with E-state index < -0.39 is 17.5 Å². The van der Waals surface area contributed by atoms with Gasteiger partial charge >= 0.3 is 0 Å². The summed E-state index contributed by atoms with van der Waals surface area (Å²) in [5.74, 6) is -2.75. The molecule has 1 amide bonds. The molecule has 0 saturated heterocycles. The zero-order valence-electron chi connectivity index (χ0n) is 9.38. The van der Waals surface area contributed by atoms with E-state index in [1.807, 2.05) is 0 Å². The van der Waals surface area contributed by atoms with Gasteiger partial charge < -0.3 is 5.32 Å². The quantitative estimate of drug-likeness (QED) is 0.844. The molecule has 2 rings (SSSR count). The van der Waals surface area contributed by atoms with Crippen LogP contribution in [0.1, 0.15) is 10.4 Å². The summed E-state index contributed by atoms with van der Waals surface area (Å²) in [6.45, 7) is 0. The minimum absolute atomic E-state index is 0.166. The van der Waals surface area contributed by atoms with Gasteiger partial charge in [-0.05, 0) is 30.3 Å². The number of halogens is 4. The first kappa shape index (κ1) is 14.0. The first-order valence-electron chi connectivity index (χ1n) is 5.19. The van der Waals surface area contributed by atoms with Crippen LogP contribution in [0.5, 0.6) is 0 Å². The van der Waals surface area contributed by atoms with E-state index in [4.69, 9.17) is 11.6 Å². The molecule has 98 valence electrons. The highest BCUT2D eigenvalue weighted by Gasteiger charge is 2.14. The number of carbonyl (C=O) groups excluding carboxylic acids is 1. The fourth-order valence-electron chi connectivity index (χ4n) is 1.46. The Labute approximate surface area is 121 Å². The van der Waals surface area contributed by atoms with Crippen molar-refractivity contribution in [2.45, 2.75) is 0 Å². The zero-order chi connectivity index (χ0) is 14.0. The monoisotopic (exact) mass is 345 g/mol. The molecular formula is C13H7BrClF2NO. The number of anilines is 1. The molecule has 2 aromatic rings. The SMILES string of the molecule is O=C(Nc1cccc(F)c1F)c1cc(Br)ccc1Cl. The molecule has 0 fully saturated rings. The third-order valence-corrected chi connectivity index (χ3v) is 3.20. The highest BCUT2D eigenvalue weighted by Crippen LogP contribution is 2.23. The second-order valence-electron chi connectivity index (χ2n) is 3.68. The number of amides is 1. The fraction of sp³-hybridized carbons (Fsp3) is 0. The molecule has 0 unspecified atom stereocenters. The van der Waals surface area contributed by atoms with Gasteiger partial charge in [-0.15, -0.1) is 0 Å². The second kappa shape index (κ2) is 5.67. The lowest BCUT2D eigenvalue weighted by atomic mass is 10.2. The smallest absolute Gasteiger partial charge is 0.257 e. The van der Waals surface area contributed by atoms with Crippen LogP contribution in [0.15, 0.2) is 40.9 Å². The number of rotatable bonds is 2. The molecule has 0 bridgehead atoms. The van der Waals surface area contributed by atoms with E-state index in [0.717, 1.165) is 6.07 Å². The van der Waals surface area contributed by atoms with Crippen LogP contribution in [0.25, 0.3) is 0 Å². The Morgan fingerprint density at radius 3 is 2.68 bits per heavy atom. The molecule has 0 aliphatic rings. The van der Waals surface area contributed by atoms with Crippen LogP contribution in [0.2, 0.25) is 5.02 Å². The Bertz CT molecular complexity index is 649. The topological polar surface area (TPSA) is 29.1 Å². The van der Waals surface area contributed by atoms with Gasteiger partial charge in [0.2, 0.25) is 0 Å². The maximum Gasteiger partial charge on any atom is 0.257 e. The van der Waals surface area contributed by atoms with E-state index in [2.05, 4.69) is 21.2 Å². The van der Waals surface area contributed by atoms with Gasteiger partial charge in [0.05, 0.1) is 16.3 Å². The van der Waals surface area contributed by atoms with Crippen molar-refractivity contribution in [2.75, 3.05) is 5.32 Å². The van der Waals surface area contributed by atoms with E-state index in [-0.39, 0.29) is 16.3 Å². The largest absolute Gasteiger partial charge is 0.319 e. The molecule has 0 heterocycles. The minimum Gasteiger partial charge on any atom is -0.319 e. The number of hydrogen-bond donors (Lipinski definition) is 1. The van der Waals surface area contributed by atoms with Gasteiger partial charge in [-0.2, -0.15) is 0 Å². The normalized spacial score (nSPS) is 10.3. The minimum atomic E-state index is -1.11. The summed E-state index contributed by atoms with van der Waals surface area (Å²) in [5.41, 5.74) is -0.0688. The summed E-state index contributed by atoms with van der Waals surface area (Å²) < 4.78 is 27.1. The molecule has 0 radical (unpaired) electrons. The van der Waals surface area contributed by atoms with E-state index in [1.54, 1.807) is 6.07 Å². The van der Waals surface area contributed by atoms with Crippen LogP contribution >= 0.6 is 27.5 Å². The molecular weight excluding hydrogens is 340 g/mol. The van der Waals surface area contributed by atoms with Gasteiger partial charge in [0.15, 0.2) is 11.6 Å². The lowest BCUT2D eigenvalue weighted by Crippen LogP contribution is -2.14. The molecule has 0 saturated carbocycles. The van der Waals surface area contributed by atoms with E-state index >= 15 is 0 Å². The summed E-state index contributed by atoms with van der Waals surface area (Å²) in [4.78, 5) is 11.9. The Morgan fingerprint density at radius 1 is 1.21 bits per heavy atom. The third kappa shape index (κ3) is 3.11. The number of benzene rings is 2. The first-order chi connectivity index (χ1) is 8.99. The summed E-state index contributed by atoms with van der Waals surface area (Å²) in [6.07, 6.45) is 0. The second-order valence-corrected chi connectivity index (χ2v) is 5.00. The van der Waals surface area contributed by atoms with E-state index in [0.29, 0.717) is 4.47 Å². The Kier molecular flexibility index (Phi) is 4.17. The number of carbonyl (C=O) groups is 1. The van der Waals surface area contributed by atoms with Crippen LogP contribution in [0.4, 0.5) is 14.5 Å². The Morgan fingerprint density at radius 2 is 1.95 bits per heavy atom.